The van der Waals surface area contributed by atoms with Crippen LogP contribution in [0, 0.1) is 13.8 Å². The number of nitrogens with one attached hydrogen (secondary N) is 2. The molecule has 238 valence electrons. The number of carbonyl (C=O) groups is 1. The number of fused-ring (bicyclic) bond motifs is 2. The minimum absolute atomic E-state index is 0.0518. The van der Waals surface area contributed by atoms with Crippen molar-refractivity contribution in [1.82, 2.24) is 20.2 Å². The van der Waals surface area contributed by atoms with Crippen LogP contribution in [0.25, 0.3) is 33.7 Å². The number of aromatic nitrogens is 2. The van der Waals surface area contributed by atoms with E-state index in [-0.39, 0.29) is 19.1 Å². The highest BCUT2D eigenvalue weighted by Crippen LogP contribution is 2.39. The molecule has 0 spiro atoms. The summed E-state index contributed by atoms with van der Waals surface area (Å²) < 4.78 is 6.15. The Morgan fingerprint density at radius 2 is 1.78 bits per heavy atom. The molecule has 2 aromatic heterocycles. The summed E-state index contributed by atoms with van der Waals surface area (Å²) in [5.41, 5.74) is 9.25. The Balaban J connectivity index is 1.28. The van der Waals surface area contributed by atoms with Crippen molar-refractivity contribution in [2.75, 3.05) is 38.2 Å². The number of carbonyl (C=O) groups excluding carboxylic acids is 1. The van der Waals surface area contributed by atoms with Gasteiger partial charge >= 0.3 is 0 Å². The molecule has 11 heteroatoms. The second-order valence-corrected chi connectivity index (χ2v) is 12.2. The zero-order chi connectivity index (χ0) is 32.4. The predicted octanol–water partition coefficient (Wildman–Crippen LogP) is 6.17. The Hall–Kier alpha value is -3.83. The fourth-order valence-electron chi connectivity index (χ4n) is 6.00. The molecule has 3 aromatic carbocycles. The minimum atomic E-state index is -0.344. The average Bonchev–Trinajstić information content (AvgIpc) is 3.47. The van der Waals surface area contributed by atoms with Crippen LogP contribution >= 0.6 is 23.2 Å². The highest BCUT2D eigenvalue weighted by Gasteiger charge is 2.23. The molecule has 46 heavy (non-hydrogen) atoms. The molecular formula is C35H35Cl2N5O4. The Morgan fingerprint density at radius 3 is 2.59 bits per heavy atom. The van der Waals surface area contributed by atoms with Crippen molar-refractivity contribution in [3.8, 4) is 22.6 Å². The topological polar surface area (TPSA) is 124 Å². The quantitative estimate of drug-likeness (QED) is 0.131. The normalized spacial score (nSPS) is 13.3. The highest BCUT2D eigenvalue weighted by atomic mass is 35.5. The molecule has 1 aliphatic heterocycles. The summed E-state index contributed by atoms with van der Waals surface area (Å²) >= 11 is 13.5. The molecule has 5 aromatic rings. The lowest BCUT2D eigenvalue weighted by molar-refractivity contribution is 0.102. The Bertz CT molecular complexity index is 1930. The number of amides is 1. The first kappa shape index (κ1) is 32.1. The van der Waals surface area contributed by atoms with Crippen molar-refractivity contribution >= 4 is 45.9 Å². The zero-order valence-corrected chi connectivity index (χ0v) is 27.2. The number of anilines is 1. The van der Waals surface area contributed by atoms with Gasteiger partial charge in [0, 0.05) is 43.9 Å². The zero-order valence-electron chi connectivity index (χ0n) is 25.7. The molecule has 0 unspecified atom stereocenters. The molecule has 4 N–H and O–H groups in total. The summed E-state index contributed by atoms with van der Waals surface area (Å²) in [4.78, 5) is 25.0. The number of nitrogens with zero attached hydrogens (tertiary/aromatic N) is 3. The molecule has 0 fully saturated rings. The third kappa shape index (κ3) is 6.53. The second-order valence-electron chi connectivity index (χ2n) is 11.4. The van der Waals surface area contributed by atoms with Gasteiger partial charge in [-0.2, -0.15) is 0 Å². The van der Waals surface area contributed by atoms with Crippen LogP contribution in [0.4, 0.5) is 5.69 Å². The van der Waals surface area contributed by atoms with E-state index in [1.54, 1.807) is 6.07 Å². The van der Waals surface area contributed by atoms with Gasteiger partial charge in [0.2, 0.25) is 5.89 Å². The number of hydrogen-bond acceptors (Lipinski definition) is 8. The Kier molecular flexibility index (Phi) is 9.70. The van der Waals surface area contributed by atoms with Crippen LogP contribution in [-0.2, 0) is 19.5 Å². The number of benzene rings is 3. The summed E-state index contributed by atoms with van der Waals surface area (Å²) in [6.45, 7) is 7.17. The van der Waals surface area contributed by atoms with Crippen LogP contribution in [-0.4, -0.2) is 63.8 Å². The van der Waals surface area contributed by atoms with E-state index < -0.39 is 0 Å². The van der Waals surface area contributed by atoms with Crippen LogP contribution in [0.3, 0.4) is 0 Å². The summed E-state index contributed by atoms with van der Waals surface area (Å²) in [7, 11) is 0. The fraction of sp³-hybridized carbons (Fsp3) is 0.286. The number of rotatable bonds is 10. The first-order chi connectivity index (χ1) is 22.3. The first-order valence-corrected chi connectivity index (χ1v) is 16.0. The van der Waals surface area contributed by atoms with Crippen LogP contribution in [0.1, 0.15) is 38.4 Å². The number of aliphatic hydroxyl groups is 2. The number of hydrogen-bond donors (Lipinski definition) is 4. The Morgan fingerprint density at radius 1 is 1.00 bits per heavy atom. The van der Waals surface area contributed by atoms with E-state index in [9.17, 15) is 9.90 Å². The number of aliphatic hydroxyl groups excluding tert-OH is 2. The molecule has 6 rings (SSSR count). The molecule has 1 aliphatic rings. The van der Waals surface area contributed by atoms with E-state index in [1.807, 2.05) is 62.4 Å². The average molecular weight is 661 g/mol. The van der Waals surface area contributed by atoms with E-state index >= 15 is 0 Å². The van der Waals surface area contributed by atoms with Gasteiger partial charge in [0.25, 0.3) is 5.91 Å². The van der Waals surface area contributed by atoms with E-state index in [1.165, 1.54) is 0 Å². The van der Waals surface area contributed by atoms with Gasteiger partial charge in [-0.05, 0) is 78.4 Å². The van der Waals surface area contributed by atoms with Gasteiger partial charge in [-0.3, -0.25) is 9.69 Å². The van der Waals surface area contributed by atoms with Gasteiger partial charge in [0.15, 0.2) is 5.58 Å². The van der Waals surface area contributed by atoms with Crippen molar-refractivity contribution < 1.29 is 19.4 Å². The van der Waals surface area contributed by atoms with E-state index in [0.29, 0.717) is 64.6 Å². The van der Waals surface area contributed by atoms with Crippen molar-refractivity contribution in [3.63, 3.8) is 0 Å². The van der Waals surface area contributed by atoms with Gasteiger partial charge in [-0.15, -0.1) is 0 Å². The van der Waals surface area contributed by atoms with Crippen molar-refractivity contribution in [2.45, 2.75) is 33.4 Å². The molecule has 9 nitrogen and oxygen atoms in total. The summed E-state index contributed by atoms with van der Waals surface area (Å²) in [5.74, 6) is 0.0905. The molecule has 0 bridgehead atoms. The van der Waals surface area contributed by atoms with E-state index in [4.69, 9.17) is 42.7 Å². The molecule has 0 aliphatic carbocycles. The first-order valence-electron chi connectivity index (χ1n) is 15.2. The molecule has 0 radical (unpaired) electrons. The van der Waals surface area contributed by atoms with Crippen molar-refractivity contribution in [2.24, 2.45) is 0 Å². The number of aryl methyl sites for hydroxylation is 1. The van der Waals surface area contributed by atoms with Crippen LogP contribution < -0.4 is 10.6 Å². The number of halogens is 2. The smallest absolute Gasteiger partial charge is 0.274 e. The Labute approximate surface area is 277 Å². The SMILES string of the molecule is Cc1cc(C(=O)Nc2cccc(-c3cccc(-c4nc5cc(CNCCO)cc(Cl)c5o4)c3C)c2Cl)nc2c1CCN(CCO)C2. The number of pyridine rings is 1. The third-order valence-corrected chi connectivity index (χ3v) is 9.04. The molecule has 0 atom stereocenters. The van der Waals surface area contributed by atoms with Crippen LogP contribution in [0.15, 0.2) is 59.0 Å². The van der Waals surface area contributed by atoms with Gasteiger partial charge in [0.05, 0.1) is 34.6 Å². The van der Waals surface area contributed by atoms with Gasteiger partial charge in [-0.1, -0.05) is 47.5 Å². The number of β-amino-alcohol motifs (C(OH)–C–C–N with tert-alkyl or cyclic N) is 1. The highest BCUT2D eigenvalue weighted by molar-refractivity contribution is 6.36. The maximum atomic E-state index is 13.4. The molecule has 0 saturated carbocycles. The number of oxazole rings is 1. The molecule has 3 heterocycles. The summed E-state index contributed by atoms with van der Waals surface area (Å²) in [5, 5.41) is 25.4. The van der Waals surface area contributed by atoms with Gasteiger partial charge in [-0.25, -0.2) is 9.97 Å². The van der Waals surface area contributed by atoms with Crippen LogP contribution in [0.5, 0.6) is 0 Å². The predicted molar refractivity (Wildman–Crippen MR) is 181 cm³/mol. The van der Waals surface area contributed by atoms with Crippen molar-refractivity contribution in [3.05, 3.63) is 98.3 Å². The van der Waals surface area contributed by atoms with Gasteiger partial charge < -0.3 is 25.3 Å². The minimum Gasteiger partial charge on any atom is -0.434 e. The summed E-state index contributed by atoms with van der Waals surface area (Å²) in [6.07, 6.45) is 0.836. The van der Waals surface area contributed by atoms with E-state index in [2.05, 4.69) is 15.5 Å². The lowest BCUT2D eigenvalue weighted by Gasteiger charge is -2.28. The third-order valence-electron chi connectivity index (χ3n) is 8.36. The molecule has 0 saturated heterocycles. The monoisotopic (exact) mass is 659 g/mol. The lowest BCUT2D eigenvalue weighted by Crippen LogP contribution is -2.34. The van der Waals surface area contributed by atoms with Crippen LogP contribution in [0.2, 0.25) is 10.0 Å². The molecule has 1 amide bonds. The summed E-state index contributed by atoms with van der Waals surface area (Å²) in [6, 6.07) is 16.9. The fourth-order valence-corrected chi connectivity index (χ4v) is 6.55. The maximum absolute atomic E-state index is 13.4. The van der Waals surface area contributed by atoms with E-state index in [0.717, 1.165) is 57.6 Å². The maximum Gasteiger partial charge on any atom is 0.274 e. The standard InChI is InChI=1S/C35H35Cl2N5O4/c1-20-15-30(39-31-19-42(12-14-44)11-9-23(20)31)34(45)40-28-8-4-7-26(32(28)37)24-5-3-6-25(21(24)2)35-41-29-17-22(18-38-10-13-43)16-27(36)33(29)46-35/h3-8,15-17,38,43-44H,9-14,18-19H2,1-2H3,(H,40,45). The van der Waals surface area contributed by atoms with Crippen molar-refractivity contribution in [1.29, 1.82) is 0 Å². The largest absolute Gasteiger partial charge is 0.434 e. The lowest BCUT2D eigenvalue weighted by atomic mass is 9.96. The molecular weight excluding hydrogens is 625 g/mol. The second kappa shape index (κ2) is 13.9. The van der Waals surface area contributed by atoms with Gasteiger partial charge in [0.1, 0.15) is 11.2 Å².